The number of rotatable bonds is 5. The Hall–Kier alpha value is -0.910. The van der Waals surface area contributed by atoms with Gasteiger partial charge in [0.1, 0.15) is 0 Å². The number of hydrogen-bond acceptors (Lipinski definition) is 3. The quantitative estimate of drug-likeness (QED) is 0.828. The minimum atomic E-state index is -3.60. The van der Waals surface area contributed by atoms with E-state index in [0.29, 0.717) is 6.04 Å². The molecule has 17 heavy (non-hydrogen) atoms. The van der Waals surface area contributed by atoms with Crippen molar-refractivity contribution in [2.45, 2.75) is 43.7 Å². The predicted octanol–water partition coefficient (Wildman–Crippen LogP) is 1.15. The van der Waals surface area contributed by atoms with Crippen molar-refractivity contribution in [2.24, 2.45) is 5.14 Å². The monoisotopic (exact) mass is 254 g/mol. The van der Waals surface area contributed by atoms with Gasteiger partial charge in [-0.2, -0.15) is 0 Å². The van der Waals surface area contributed by atoms with E-state index in [0.717, 1.165) is 18.5 Å². The van der Waals surface area contributed by atoms with Crippen LogP contribution >= 0.6 is 0 Å². The molecule has 0 saturated heterocycles. The van der Waals surface area contributed by atoms with Gasteiger partial charge < -0.3 is 5.32 Å². The summed E-state index contributed by atoms with van der Waals surface area (Å²) in [6.45, 7) is 2.78. The summed E-state index contributed by atoms with van der Waals surface area (Å²) in [5.41, 5.74) is 2.21. The van der Waals surface area contributed by atoms with E-state index in [4.69, 9.17) is 5.14 Å². The fourth-order valence-electron chi connectivity index (χ4n) is 1.83. The Morgan fingerprint density at radius 3 is 2.59 bits per heavy atom. The molecule has 1 aliphatic carbocycles. The van der Waals surface area contributed by atoms with E-state index in [1.165, 1.54) is 18.4 Å². The number of primary sulfonamides is 1. The molecule has 0 aromatic heterocycles. The molecule has 1 aromatic rings. The zero-order chi connectivity index (χ0) is 12.5. The minimum Gasteiger partial charge on any atom is -0.310 e. The molecular formula is C12H18N2O2S. The van der Waals surface area contributed by atoms with Gasteiger partial charge in [0.05, 0.1) is 4.90 Å². The molecule has 0 radical (unpaired) electrons. The maximum absolute atomic E-state index is 11.3. The molecule has 0 bridgehead atoms. The first-order chi connectivity index (χ1) is 8.00. The van der Waals surface area contributed by atoms with Gasteiger partial charge in [0.2, 0.25) is 10.0 Å². The summed E-state index contributed by atoms with van der Waals surface area (Å²) in [7, 11) is -3.60. The first-order valence-electron chi connectivity index (χ1n) is 5.88. The first kappa shape index (κ1) is 12.5. The molecule has 2 rings (SSSR count). The molecule has 3 N–H and O–H groups in total. The van der Waals surface area contributed by atoms with Crippen molar-refractivity contribution >= 4 is 10.0 Å². The molecule has 1 aliphatic rings. The second kappa shape index (κ2) is 4.76. The molecule has 0 heterocycles. The third-order valence-corrected chi connectivity index (χ3v) is 3.96. The maximum atomic E-state index is 11.3. The molecule has 0 unspecified atom stereocenters. The van der Waals surface area contributed by atoms with Crippen molar-refractivity contribution in [3.8, 4) is 0 Å². The average molecular weight is 254 g/mol. The molecular weight excluding hydrogens is 236 g/mol. The van der Waals surface area contributed by atoms with Crippen LogP contribution in [0.25, 0.3) is 0 Å². The van der Waals surface area contributed by atoms with E-state index >= 15 is 0 Å². The van der Waals surface area contributed by atoms with Gasteiger partial charge in [-0.3, -0.25) is 0 Å². The number of aryl methyl sites for hydroxylation is 1. The SMILES string of the molecule is CCc1ccc(S(N)(=O)=O)cc1CNC1CC1. The smallest absolute Gasteiger partial charge is 0.238 e. The first-order valence-corrected chi connectivity index (χ1v) is 7.43. The molecule has 0 spiro atoms. The zero-order valence-corrected chi connectivity index (χ0v) is 10.8. The van der Waals surface area contributed by atoms with Crippen LogP contribution in [-0.4, -0.2) is 14.5 Å². The second-order valence-corrected chi connectivity index (χ2v) is 6.05. The van der Waals surface area contributed by atoms with Gasteiger partial charge in [-0.1, -0.05) is 13.0 Å². The van der Waals surface area contributed by atoms with E-state index in [2.05, 4.69) is 12.2 Å². The van der Waals surface area contributed by atoms with Crippen LogP contribution in [0.4, 0.5) is 0 Å². The molecule has 4 nitrogen and oxygen atoms in total. The van der Waals surface area contributed by atoms with Gasteiger partial charge >= 0.3 is 0 Å². The van der Waals surface area contributed by atoms with Gasteiger partial charge in [-0.25, -0.2) is 13.6 Å². The van der Waals surface area contributed by atoms with Crippen LogP contribution in [0.1, 0.15) is 30.9 Å². The Morgan fingerprint density at radius 1 is 1.35 bits per heavy atom. The average Bonchev–Trinajstić information content (AvgIpc) is 3.08. The Labute approximate surface area is 102 Å². The summed E-state index contributed by atoms with van der Waals surface area (Å²) in [6.07, 6.45) is 3.33. The number of nitrogens with two attached hydrogens (primary N) is 1. The van der Waals surface area contributed by atoms with E-state index < -0.39 is 10.0 Å². The van der Waals surface area contributed by atoms with Gasteiger partial charge in [-0.05, 0) is 42.5 Å². The maximum Gasteiger partial charge on any atom is 0.238 e. The lowest BCUT2D eigenvalue weighted by atomic mass is 10.1. The summed E-state index contributed by atoms with van der Waals surface area (Å²) in [4.78, 5) is 0.197. The second-order valence-electron chi connectivity index (χ2n) is 4.48. The summed E-state index contributed by atoms with van der Waals surface area (Å²) < 4.78 is 22.6. The lowest BCUT2D eigenvalue weighted by molar-refractivity contribution is 0.597. The Kier molecular flexibility index (Phi) is 3.51. The van der Waals surface area contributed by atoms with Crippen LogP contribution in [0.3, 0.4) is 0 Å². The number of sulfonamides is 1. The molecule has 1 aromatic carbocycles. The van der Waals surface area contributed by atoms with Gasteiger partial charge in [0.15, 0.2) is 0 Å². The van der Waals surface area contributed by atoms with Crippen LogP contribution in [0, 0.1) is 0 Å². The lowest BCUT2D eigenvalue weighted by Crippen LogP contribution is -2.18. The molecule has 94 valence electrons. The Balaban J connectivity index is 2.24. The predicted molar refractivity (Wildman–Crippen MR) is 67.1 cm³/mol. The molecule has 0 amide bonds. The largest absolute Gasteiger partial charge is 0.310 e. The van der Waals surface area contributed by atoms with Gasteiger partial charge in [-0.15, -0.1) is 0 Å². The van der Waals surface area contributed by atoms with Crippen LogP contribution in [0.2, 0.25) is 0 Å². The van der Waals surface area contributed by atoms with Gasteiger partial charge in [0, 0.05) is 12.6 Å². The highest BCUT2D eigenvalue weighted by Gasteiger charge is 2.20. The van der Waals surface area contributed by atoms with E-state index in [1.807, 2.05) is 6.07 Å². The van der Waals surface area contributed by atoms with Crippen LogP contribution in [0.5, 0.6) is 0 Å². The fourth-order valence-corrected chi connectivity index (χ4v) is 2.39. The van der Waals surface area contributed by atoms with Crippen LogP contribution in [-0.2, 0) is 23.0 Å². The van der Waals surface area contributed by atoms with Crippen LogP contribution in [0.15, 0.2) is 23.1 Å². The van der Waals surface area contributed by atoms with Crippen molar-refractivity contribution in [1.29, 1.82) is 0 Å². The third kappa shape index (κ3) is 3.28. The summed E-state index contributed by atoms with van der Waals surface area (Å²) >= 11 is 0. The van der Waals surface area contributed by atoms with Crippen LogP contribution < -0.4 is 10.5 Å². The molecule has 1 fully saturated rings. The number of hydrogen-bond donors (Lipinski definition) is 2. The standard InChI is InChI=1S/C12H18N2O2S/c1-2-9-3-6-12(17(13,15)16)7-10(9)8-14-11-4-5-11/h3,6-7,11,14H,2,4-5,8H2,1H3,(H2,13,15,16). The van der Waals surface area contributed by atoms with E-state index in [9.17, 15) is 8.42 Å². The third-order valence-electron chi connectivity index (χ3n) is 3.05. The number of nitrogens with one attached hydrogen (secondary N) is 1. The van der Waals surface area contributed by atoms with E-state index in [1.54, 1.807) is 12.1 Å². The van der Waals surface area contributed by atoms with Crippen molar-refractivity contribution < 1.29 is 8.42 Å². The molecule has 0 atom stereocenters. The van der Waals surface area contributed by atoms with E-state index in [-0.39, 0.29) is 4.90 Å². The summed E-state index contributed by atoms with van der Waals surface area (Å²) in [5.74, 6) is 0. The van der Waals surface area contributed by atoms with Crippen molar-refractivity contribution in [3.05, 3.63) is 29.3 Å². The highest BCUT2D eigenvalue weighted by molar-refractivity contribution is 7.89. The number of benzene rings is 1. The van der Waals surface area contributed by atoms with Crippen molar-refractivity contribution in [1.82, 2.24) is 5.32 Å². The Bertz CT molecular complexity index is 507. The highest BCUT2D eigenvalue weighted by Crippen LogP contribution is 2.21. The van der Waals surface area contributed by atoms with Gasteiger partial charge in [0.25, 0.3) is 0 Å². The summed E-state index contributed by atoms with van der Waals surface area (Å²) in [5, 5.41) is 8.53. The summed E-state index contributed by atoms with van der Waals surface area (Å²) in [6, 6.07) is 5.72. The minimum absolute atomic E-state index is 0.197. The topological polar surface area (TPSA) is 72.2 Å². The van der Waals surface area contributed by atoms with Crippen molar-refractivity contribution in [3.63, 3.8) is 0 Å². The fraction of sp³-hybridized carbons (Fsp3) is 0.500. The molecule has 0 aliphatic heterocycles. The normalized spacial score (nSPS) is 16.1. The molecule has 5 heteroatoms. The Morgan fingerprint density at radius 2 is 2.06 bits per heavy atom. The highest BCUT2D eigenvalue weighted by atomic mass is 32.2. The molecule has 1 saturated carbocycles. The van der Waals surface area contributed by atoms with Crippen molar-refractivity contribution in [2.75, 3.05) is 0 Å². The lowest BCUT2D eigenvalue weighted by Gasteiger charge is -2.10. The zero-order valence-electron chi connectivity index (χ0n) is 9.94.